The minimum absolute atomic E-state index is 0.678. The van der Waals surface area contributed by atoms with Crippen molar-refractivity contribution < 1.29 is 0 Å². The summed E-state index contributed by atoms with van der Waals surface area (Å²) < 4.78 is 2.13. The fourth-order valence-electron chi connectivity index (χ4n) is 3.59. The molecule has 116 valence electrons. The summed E-state index contributed by atoms with van der Waals surface area (Å²) in [7, 11) is 0. The lowest BCUT2D eigenvalue weighted by molar-refractivity contribution is 0.353. The minimum Gasteiger partial charge on any atom is -0.396 e. The van der Waals surface area contributed by atoms with Crippen LogP contribution in [-0.4, -0.2) is 17.7 Å². The Morgan fingerprint density at radius 1 is 1.29 bits per heavy atom. The van der Waals surface area contributed by atoms with Crippen LogP contribution in [0, 0.1) is 23.2 Å². The van der Waals surface area contributed by atoms with Gasteiger partial charge in [0.05, 0.1) is 5.69 Å². The van der Waals surface area contributed by atoms with Crippen molar-refractivity contribution in [1.82, 2.24) is 4.57 Å². The highest BCUT2D eigenvalue weighted by atomic mass is 15.3. The molecule has 1 aliphatic rings. The van der Waals surface area contributed by atoms with E-state index in [1.165, 1.54) is 19.3 Å². The maximum absolute atomic E-state index is 9.37. The molecule has 2 atom stereocenters. The van der Waals surface area contributed by atoms with Crippen molar-refractivity contribution in [3.05, 3.63) is 11.8 Å². The van der Waals surface area contributed by atoms with E-state index < -0.39 is 0 Å². The summed E-state index contributed by atoms with van der Waals surface area (Å²) >= 11 is 0. The summed E-state index contributed by atoms with van der Waals surface area (Å²) in [5.74, 6) is 2.43. The molecule has 2 N–H and O–H groups in total. The lowest BCUT2D eigenvalue weighted by atomic mass is 9.92. The summed E-state index contributed by atoms with van der Waals surface area (Å²) in [6.45, 7) is 9.77. The van der Waals surface area contributed by atoms with Gasteiger partial charge in [-0.05, 0) is 30.7 Å². The van der Waals surface area contributed by atoms with Crippen molar-refractivity contribution >= 4 is 11.5 Å². The Balaban J connectivity index is 2.28. The Hall–Kier alpha value is -1.63. The molecule has 0 aromatic carbocycles. The molecule has 1 saturated heterocycles. The van der Waals surface area contributed by atoms with Gasteiger partial charge in [0, 0.05) is 19.6 Å². The summed E-state index contributed by atoms with van der Waals surface area (Å²) in [6, 6.07) is 4.14. The van der Waals surface area contributed by atoms with Crippen molar-refractivity contribution in [1.29, 1.82) is 5.26 Å². The number of nitrogen functional groups attached to an aromatic ring is 1. The van der Waals surface area contributed by atoms with Crippen molar-refractivity contribution in [2.24, 2.45) is 11.8 Å². The molecule has 21 heavy (non-hydrogen) atoms. The average molecular weight is 288 g/mol. The van der Waals surface area contributed by atoms with Gasteiger partial charge in [-0.25, -0.2) is 0 Å². The molecule has 4 heteroatoms. The van der Waals surface area contributed by atoms with Crippen LogP contribution in [0.25, 0.3) is 0 Å². The molecule has 0 bridgehead atoms. The fourth-order valence-corrected chi connectivity index (χ4v) is 3.59. The second-order valence-electron chi connectivity index (χ2n) is 6.63. The summed E-state index contributed by atoms with van der Waals surface area (Å²) in [6.07, 6.45) is 4.75. The molecular formula is C17H28N4. The third-order valence-electron chi connectivity index (χ3n) is 4.37. The average Bonchev–Trinajstić information content (AvgIpc) is 2.74. The quantitative estimate of drug-likeness (QED) is 0.842. The number of rotatable bonds is 5. The van der Waals surface area contributed by atoms with Crippen LogP contribution in [0.5, 0.6) is 0 Å². The van der Waals surface area contributed by atoms with E-state index in [9.17, 15) is 5.26 Å². The first-order valence-electron chi connectivity index (χ1n) is 8.20. The number of nitriles is 1. The number of hydrogen-bond acceptors (Lipinski definition) is 3. The van der Waals surface area contributed by atoms with E-state index in [0.717, 1.165) is 37.6 Å². The molecule has 2 heterocycles. The van der Waals surface area contributed by atoms with E-state index in [1.54, 1.807) is 0 Å². The number of hydrogen-bond donors (Lipinski definition) is 1. The minimum atomic E-state index is 0.678. The fraction of sp³-hybridized carbons (Fsp3) is 0.706. The van der Waals surface area contributed by atoms with E-state index in [2.05, 4.69) is 36.3 Å². The topological polar surface area (TPSA) is 58.0 Å². The van der Waals surface area contributed by atoms with Crippen molar-refractivity contribution in [3.63, 3.8) is 0 Å². The van der Waals surface area contributed by atoms with E-state index in [1.807, 2.05) is 6.07 Å². The highest BCUT2D eigenvalue weighted by Crippen LogP contribution is 2.33. The van der Waals surface area contributed by atoms with E-state index in [4.69, 9.17) is 5.73 Å². The standard InChI is InChI=1S/C17H28N4/c1-4-5-6-7-21-15(10-18)9-16(19)17(21)20-11-13(2)8-14(3)12-20/h9,13-14H,4-8,11-12,19H2,1-3H3/t13-,14-/m0/s1. The van der Waals surface area contributed by atoms with Gasteiger partial charge in [-0.2, -0.15) is 5.26 Å². The van der Waals surface area contributed by atoms with E-state index >= 15 is 0 Å². The molecule has 2 rings (SSSR count). The highest BCUT2D eigenvalue weighted by molar-refractivity contribution is 5.68. The Kier molecular flexibility index (Phi) is 5.17. The number of piperidine rings is 1. The zero-order chi connectivity index (χ0) is 15.4. The zero-order valence-electron chi connectivity index (χ0n) is 13.6. The summed E-state index contributed by atoms with van der Waals surface area (Å²) in [4.78, 5) is 2.39. The van der Waals surface area contributed by atoms with Crippen LogP contribution in [0.4, 0.5) is 11.5 Å². The summed E-state index contributed by atoms with van der Waals surface area (Å²) in [5.41, 5.74) is 7.68. The molecule has 1 aliphatic heterocycles. The number of nitrogens with two attached hydrogens (primary N) is 1. The predicted octanol–water partition coefficient (Wildman–Crippen LogP) is 3.61. The van der Waals surface area contributed by atoms with Gasteiger partial charge < -0.3 is 15.2 Å². The van der Waals surface area contributed by atoms with Gasteiger partial charge in [0.1, 0.15) is 17.6 Å². The maximum atomic E-state index is 9.37. The monoisotopic (exact) mass is 288 g/mol. The molecule has 1 aromatic heterocycles. The number of aromatic nitrogens is 1. The third-order valence-corrected chi connectivity index (χ3v) is 4.37. The van der Waals surface area contributed by atoms with Crippen LogP contribution in [-0.2, 0) is 6.54 Å². The molecular weight excluding hydrogens is 260 g/mol. The largest absolute Gasteiger partial charge is 0.396 e. The molecule has 0 saturated carbocycles. The van der Waals surface area contributed by atoms with Gasteiger partial charge in [-0.3, -0.25) is 0 Å². The number of nitrogens with zero attached hydrogens (tertiary/aromatic N) is 3. The van der Waals surface area contributed by atoms with Crippen LogP contribution < -0.4 is 10.6 Å². The van der Waals surface area contributed by atoms with Crippen LogP contribution in [0.15, 0.2) is 6.07 Å². The second kappa shape index (κ2) is 6.89. The first-order chi connectivity index (χ1) is 10.1. The molecule has 0 unspecified atom stereocenters. The van der Waals surface area contributed by atoms with Crippen LogP contribution in [0.2, 0.25) is 0 Å². The van der Waals surface area contributed by atoms with Gasteiger partial charge in [-0.15, -0.1) is 0 Å². The molecule has 0 amide bonds. The molecule has 0 aliphatic carbocycles. The zero-order valence-corrected chi connectivity index (χ0v) is 13.6. The van der Waals surface area contributed by atoms with Crippen molar-refractivity contribution in [2.45, 2.75) is 53.0 Å². The maximum Gasteiger partial charge on any atom is 0.133 e. The van der Waals surface area contributed by atoms with Gasteiger partial charge in [-0.1, -0.05) is 33.6 Å². The molecule has 0 spiro atoms. The first-order valence-corrected chi connectivity index (χ1v) is 8.20. The number of anilines is 2. The Bertz CT molecular complexity index is 502. The first kappa shape index (κ1) is 15.8. The summed E-state index contributed by atoms with van der Waals surface area (Å²) in [5, 5.41) is 9.37. The Morgan fingerprint density at radius 2 is 1.95 bits per heavy atom. The van der Waals surface area contributed by atoms with Crippen molar-refractivity contribution in [3.8, 4) is 6.07 Å². The van der Waals surface area contributed by atoms with Crippen LogP contribution >= 0.6 is 0 Å². The predicted molar refractivity (Wildman–Crippen MR) is 88.2 cm³/mol. The van der Waals surface area contributed by atoms with E-state index in [-0.39, 0.29) is 0 Å². The molecule has 4 nitrogen and oxygen atoms in total. The molecule has 1 fully saturated rings. The SMILES string of the molecule is CCCCCn1c(C#N)cc(N)c1N1C[C@@H](C)C[C@H](C)C1. The van der Waals surface area contributed by atoms with Gasteiger partial charge in [0.15, 0.2) is 0 Å². The Morgan fingerprint density at radius 3 is 2.52 bits per heavy atom. The lowest BCUT2D eigenvalue weighted by Crippen LogP contribution is -2.40. The van der Waals surface area contributed by atoms with Gasteiger partial charge in [0.25, 0.3) is 0 Å². The van der Waals surface area contributed by atoms with Crippen molar-refractivity contribution in [2.75, 3.05) is 23.7 Å². The Labute approximate surface area is 128 Å². The number of unbranched alkanes of at least 4 members (excludes halogenated alkanes) is 2. The van der Waals surface area contributed by atoms with Gasteiger partial charge in [0.2, 0.25) is 0 Å². The third kappa shape index (κ3) is 3.53. The lowest BCUT2D eigenvalue weighted by Gasteiger charge is -2.37. The molecule has 1 aromatic rings. The molecule has 0 radical (unpaired) electrons. The van der Waals surface area contributed by atoms with Crippen LogP contribution in [0.3, 0.4) is 0 Å². The highest BCUT2D eigenvalue weighted by Gasteiger charge is 2.26. The van der Waals surface area contributed by atoms with Crippen LogP contribution in [0.1, 0.15) is 52.1 Å². The van der Waals surface area contributed by atoms with E-state index in [0.29, 0.717) is 17.5 Å². The van der Waals surface area contributed by atoms with Gasteiger partial charge >= 0.3 is 0 Å². The normalized spacial score (nSPS) is 22.3. The smallest absolute Gasteiger partial charge is 0.133 e. The second-order valence-corrected chi connectivity index (χ2v) is 6.63.